The van der Waals surface area contributed by atoms with Crippen molar-refractivity contribution in [1.82, 2.24) is 10.2 Å². The highest BCUT2D eigenvalue weighted by atomic mass is 16.6. The third kappa shape index (κ3) is 5.24. The third-order valence-electron chi connectivity index (χ3n) is 4.31. The number of nitrogens with zero attached hydrogens (tertiary/aromatic N) is 1. The maximum absolute atomic E-state index is 12.1. The summed E-state index contributed by atoms with van der Waals surface area (Å²) in [6, 6.07) is 8.80. The van der Waals surface area contributed by atoms with Gasteiger partial charge in [0.05, 0.1) is 0 Å². The number of hydrogen-bond donors (Lipinski definition) is 1. The topological polar surface area (TPSA) is 41.6 Å². The first-order chi connectivity index (χ1) is 10.8. The van der Waals surface area contributed by atoms with Crippen LogP contribution in [0.4, 0.5) is 4.79 Å². The number of nitrogens with one attached hydrogen (secondary N) is 1. The lowest BCUT2D eigenvalue weighted by Crippen LogP contribution is -2.36. The second kappa shape index (κ2) is 7.35. The van der Waals surface area contributed by atoms with Crippen molar-refractivity contribution in [3.05, 3.63) is 35.4 Å². The molecule has 128 valence electrons. The molecule has 1 aliphatic heterocycles. The van der Waals surface area contributed by atoms with Crippen LogP contribution in [-0.4, -0.2) is 36.2 Å². The molecule has 1 saturated heterocycles. The molecule has 4 heteroatoms. The smallest absolute Gasteiger partial charge is 0.410 e. The zero-order valence-corrected chi connectivity index (χ0v) is 15.1. The molecule has 2 rings (SSSR count). The minimum Gasteiger partial charge on any atom is -0.444 e. The Bertz CT molecular complexity index is 536. The number of amides is 1. The lowest BCUT2D eigenvalue weighted by molar-refractivity contribution is 0.0288. The standard InChI is InChI=1S/C19H30N2O2/c1-14-8-6-7-9-17(14)15(2)20-12-16-10-11-21(13-16)18(22)23-19(3,4)5/h6-9,15-16,20H,10-13H2,1-5H3. The zero-order valence-electron chi connectivity index (χ0n) is 15.1. The average Bonchev–Trinajstić information content (AvgIpc) is 2.92. The highest BCUT2D eigenvalue weighted by molar-refractivity contribution is 5.68. The number of carbonyl (C=O) groups excluding carboxylic acids is 1. The quantitative estimate of drug-likeness (QED) is 0.915. The first-order valence-electron chi connectivity index (χ1n) is 8.53. The second-order valence-electron chi connectivity index (χ2n) is 7.57. The molecule has 23 heavy (non-hydrogen) atoms. The Morgan fingerprint density at radius 1 is 1.39 bits per heavy atom. The van der Waals surface area contributed by atoms with Crippen molar-refractivity contribution in [2.24, 2.45) is 5.92 Å². The van der Waals surface area contributed by atoms with Crippen LogP contribution in [0.5, 0.6) is 0 Å². The SMILES string of the molecule is Cc1ccccc1C(C)NCC1CCN(C(=O)OC(C)(C)C)C1. The van der Waals surface area contributed by atoms with Gasteiger partial charge in [0.15, 0.2) is 0 Å². The number of ether oxygens (including phenoxy) is 1. The molecule has 1 amide bonds. The molecule has 2 atom stereocenters. The van der Waals surface area contributed by atoms with Crippen molar-refractivity contribution in [2.75, 3.05) is 19.6 Å². The van der Waals surface area contributed by atoms with E-state index in [0.717, 1.165) is 26.1 Å². The van der Waals surface area contributed by atoms with E-state index in [2.05, 4.69) is 43.4 Å². The maximum Gasteiger partial charge on any atom is 0.410 e. The van der Waals surface area contributed by atoms with Crippen molar-refractivity contribution in [3.8, 4) is 0 Å². The molecule has 1 aromatic rings. The normalized spacial score (nSPS) is 19.7. The number of aryl methyl sites for hydroxylation is 1. The molecule has 1 heterocycles. The van der Waals surface area contributed by atoms with E-state index in [0.29, 0.717) is 12.0 Å². The van der Waals surface area contributed by atoms with Crippen LogP contribution in [0.15, 0.2) is 24.3 Å². The van der Waals surface area contributed by atoms with E-state index in [1.165, 1.54) is 11.1 Å². The fourth-order valence-electron chi connectivity index (χ4n) is 3.02. The van der Waals surface area contributed by atoms with Crippen LogP contribution in [0.25, 0.3) is 0 Å². The Balaban J connectivity index is 1.80. The molecule has 0 bridgehead atoms. The van der Waals surface area contributed by atoms with Crippen LogP contribution in [0.2, 0.25) is 0 Å². The van der Waals surface area contributed by atoms with E-state index in [9.17, 15) is 4.79 Å². The van der Waals surface area contributed by atoms with Crippen LogP contribution in [0.1, 0.15) is 51.3 Å². The molecule has 1 aromatic carbocycles. The summed E-state index contributed by atoms with van der Waals surface area (Å²) in [5.41, 5.74) is 2.23. The monoisotopic (exact) mass is 318 g/mol. The number of benzene rings is 1. The van der Waals surface area contributed by atoms with Crippen molar-refractivity contribution in [1.29, 1.82) is 0 Å². The van der Waals surface area contributed by atoms with E-state index in [1.807, 2.05) is 25.7 Å². The minimum absolute atomic E-state index is 0.188. The average molecular weight is 318 g/mol. The lowest BCUT2D eigenvalue weighted by Gasteiger charge is -2.24. The minimum atomic E-state index is -0.424. The van der Waals surface area contributed by atoms with Gasteiger partial charge in [-0.2, -0.15) is 0 Å². The van der Waals surface area contributed by atoms with Crippen LogP contribution >= 0.6 is 0 Å². The second-order valence-corrected chi connectivity index (χ2v) is 7.57. The molecule has 1 N–H and O–H groups in total. The Morgan fingerprint density at radius 3 is 2.74 bits per heavy atom. The molecule has 1 aliphatic rings. The van der Waals surface area contributed by atoms with Gasteiger partial charge >= 0.3 is 6.09 Å². The zero-order chi connectivity index (χ0) is 17.0. The van der Waals surface area contributed by atoms with Gasteiger partial charge in [-0.1, -0.05) is 24.3 Å². The van der Waals surface area contributed by atoms with Gasteiger partial charge in [-0.3, -0.25) is 0 Å². The summed E-state index contributed by atoms with van der Waals surface area (Å²) < 4.78 is 5.45. The molecule has 0 saturated carbocycles. The summed E-state index contributed by atoms with van der Waals surface area (Å²) in [4.78, 5) is 13.9. The number of rotatable bonds is 4. The number of hydrogen-bond acceptors (Lipinski definition) is 3. The molecule has 0 aliphatic carbocycles. The first-order valence-corrected chi connectivity index (χ1v) is 8.53. The predicted molar refractivity (Wildman–Crippen MR) is 93.5 cm³/mol. The summed E-state index contributed by atoms with van der Waals surface area (Å²) in [5.74, 6) is 0.494. The molecular weight excluding hydrogens is 288 g/mol. The number of carbonyl (C=O) groups is 1. The fraction of sp³-hybridized carbons (Fsp3) is 0.632. The molecule has 0 aromatic heterocycles. The van der Waals surface area contributed by atoms with Crippen molar-refractivity contribution in [3.63, 3.8) is 0 Å². The summed E-state index contributed by atoms with van der Waals surface area (Å²) in [7, 11) is 0. The van der Waals surface area contributed by atoms with E-state index < -0.39 is 5.60 Å². The van der Waals surface area contributed by atoms with E-state index in [4.69, 9.17) is 4.74 Å². The Morgan fingerprint density at radius 2 is 2.09 bits per heavy atom. The number of likely N-dealkylation sites (tertiary alicyclic amines) is 1. The Hall–Kier alpha value is -1.55. The predicted octanol–water partition coefficient (Wildman–Crippen LogP) is 3.90. The van der Waals surface area contributed by atoms with Crippen molar-refractivity contribution >= 4 is 6.09 Å². The molecule has 1 fully saturated rings. The Labute approximate surface area is 140 Å². The van der Waals surface area contributed by atoms with Gasteiger partial charge in [0, 0.05) is 25.7 Å². The van der Waals surface area contributed by atoms with E-state index in [-0.39, 0.29) is 6.09 Å². The molecule has 0 radical (unpaired) electrons. The largest absolute Gasteiger partial charge is 0.444 e. The highest BCUT2D eigenvalue weighted by Gasteiger charge is 2.29. The van der Waals surface area contributed by atoms with Gasteiger partial charge in [0.1, 0.15) is 5.60 Å². The van der Waals surface area contributed by atoms with Gasteiger partial charge in [-0.15, -0.1) is 0 Å². The Kier molecular flexibility index (Phi) is 5.69. The van der Waals surface area contributed by atoms with Gasteiger partial charge in [0.2, 0.25) is 0 Å². The van der Waals surface area contributed by atoms with Crippen molar-refractivity contribution in [2.45, 2.75) is 52.7 Å². The third-order valence-corrected chi connectivity index (χ3v) is 4.31. The van der Waals surface area contributed by atoms with Crippen LogP contribution in [0.3, 0.4) is 0 Å². The molecular formula is C19H30N2O2. The van der Waals surface area contributed by atoms with Crippen LogP contribution < -0.4 is 5.32 Å². The summed E-state index contributed by atoms with van der Waals surface area (Å²) in [6.07, 6.45) is 0.846. The molecule has 4 nitrogen and oxygen atoms in total. The van der Waals surface area contributed by atoms with Crippen LogP contribution in [0, 0.1) is 12.8 Å². The molecule has 2 unspecified atom stereocenters. The maximum atomic E-state index is 12.1. The fourth-order valence-corrected chi connectivity index (χ4v) is 3.02. The molecule has 0 spiro atoms. The van der Waals surface area contributed by atoms with Gasteiger partial charge < -0.3 is 15.0 Å². The first kappa shape index (κ1) is 17.8. The highest BCUT2D eigenvalue weighted by Crippen LogP contribution is 2.21. The van der Waals surface area contributed by atoms with Crippen LogP contribution in [-0.2, 0) is 4.74 Å². The van der Waals surface area contributed by atoms with Gasteiger partial charge in [-0.25, -0.2) is 4.79 Å². The summed E-state index contributed by atoms with van der Waals surface area (Å²) >= 11 is 0. The van der Waals surface area contributed by atoms with Crippen molar-refractivity contribution < 1.29 is 9.53 Å². The van der Waals surface area contributed by atoms with Gasteiger partial charge in [0.25, 0.3) is 0 Å². The van der Waals surface area contributed by atoms with E-state index in [1.54, 1.807) is 0 Å². The van der Waals surface area contributed by atoms with E-state index >= 15 is 0 Å². The lowest BCUT2D eigenvalue weighted by atomic mass is 10.0. The summed E-state index contributed by atoms with van der Waals surface area (Å²) in [5, 5.41) is 3.61. The van der Waals surface area contributed by atoms with Gasteiger partial charge in [-0.05, 0) is 58.1 Å². The summed E-state index contributed by atoms with van der Waals surface area (Å²) in [6.45, 7) is 12.6.